The van der Waals surface area contributed by atoms with Gasteiger partial charge in [0.15, 0.2) is 0 Å². The van der Waals surface area contributed by atoms with E-state index in [1.807, 2.05) is 0 Å². The highest BCUT2D eigenvalue weighted by Crippen LogP contribution is 2.21. The van der Waals surface area contributed by atoms with Gasteiger partial charge in [-0.05, 0) is 25.5 Å². The molecule has 1 aliphatic rings. The average molecular weight is 415 g/mol. The van der Waals surface area contributed by atoms with E-state index in [1.165, 1.54) is 30.6 Å². The molecule has 4 N–H and O–H groups in total. The van der Waals surface area contributed by atoms with Gasteiger partial charge in [-0.25, -0.2) is 0 Å². The first-order valence-corrected chi connectivity index (χ1v) is 10.5. The molecule has 158 valence electrons. The van der Waals surface area contributed by atoms with Crippen molar-refractivity contribution in [3.63, 3.8) is 0 Å². The smallest absolute Gasteiger partial charge is 0.243 e. The largest absolute Gasteiger partial charge is 0.353 e. The van der Waals surface area contributed by atoms with Crippen molar-refractivity contribution < 1.29 is 24.0 Å². The summed E-state index contributed by atoms with van der Waals surface area (Å²) in [5, 5.41) is 4.60. The van der Waals surface area contributed by atoms with Gasteiger partial charge in [0.1, 0.15) is 11.8 Å². The first kappa shape index (κ1) is 24.1. The second-order valence-corrected chi connectivity index (χ2v) is 8.10. The van der Waals surface area contributed by atoms with Crippen molar-refractivity contribution in [2.75, 3.05) is 25.9 Å². The minimum Gasteiger partial charge on any atom is -0.353 e. The molecule has 9 nitrogen and oxygen atoms in total. The first-order valence-electron chi connectivity index (χ1n) is 9.44. The molecule has 2 atom stereocenters. The molecule has 0 aromatic carbocycles. The van der Waals surface area contributed by atoms with Crippen LogP contribution in [0.1, 0.15) is 45.4 Å². The minimum absolute atomic E-state index is 0.0303. The van der Waals surface area contributed by atoms with E-state index in [0.29, 0.717) is 6.42 Å². The Kier molecular flexibility index (Phi) is 10.8. The summed E-state index contributed by atoms with van der Waals surface area (Å²) in [6, 6.07) is -0.828. The molecule has 0 saturated carbocycles. The van der Waals surface area contributed by atoms with Crippen molar-refractivity contribution in [1.82, 2.24) is 15.5 Å². The maximum atomic E-state index is 12.4. The summed E-state index contributed by atoms with van der Waals surface area (Å²) in [5.74, 6) is -0.453. The monoisotopic (exact) mass is 414 g/mol. The highest BCUT2D eigenvalue weighted by Gasteiger charge is 2.30. The van der Waals surface area contributed by atoms with E-state index in [9.17, 15) is 24.0 Å². The summed E-state index contributed by atoms with van der Waals surface area (Å²) in [4.78, 5) is 59.9. The van der Waals surface area contributed by atoms with Crippen LogP contribution in [-0.2, 0) is 24.0 Å². The van der Waals surface area contributed by atoms with E-state index in [2.05, 4.69) is 10.6 Å². The Morgan fingerprint density at radius 3 is 2.57 bits per heavy atom. The number of thioether (sulfide) groups is 1. The molecule has 10 heteroatoms. The number of likely N-dealkylation sites (N-methyl/N-ethyl adjacent to an activating group) is 1. The zero-order chi connectivity index (χ0) is 21.1. The summed E-state index contributed by atoms with van der Waals surface area (Å²) in [5.41, 5.74) is 5.37. The van der Waals surface area contributed by atoms with Gasteiger partial charge in [0.25, 0.3) is 0 Å². The van der Waals surface area contributed by atoms with Crippen molar-refractivity contribution in [2.24, 2.45) is 5.73 Å². The van der Waals surface area contributed by atoms with Gasteiger partial charge < -0.3 is 16.0 Å². The number of hydrogen-bond acceptors (Lipinski definition) is 7. The summed E-state index contributed by atoms with van der Waals surface area (Å²) in [6.07, 6.45) is 2.76. The fourth-order valence-electron chi connectivity index (χ4n) is 2.79. The van der Waals surface area contributed by atoms with Gasteiger partial charge in [-0.15, -0.1) is 11.8 Å². The molecule has 1 saturated heterocycles. The fourth-order valence-corrected chi connectivity index (χ4v) is 3.92. The lowest BCUT2D eigenvalue weighted by molar-refractivity contribution is -0.140. The number of ketones is 1. The fraction of sp³-hybridized carbons (Fsp3) is 0.722. The van der Waals surface area contributed by atoms with Crippen molar-refractivity contribution in [1.29, 1.82) is 0 Å². The number of Topliss-reactive ketones (excluding diaryl/α,β-unsaturated/α-hetero) is 1. The molecule has 0 radical (unpaired) electrons. The minimum atomic E-state index is -0.828. The zero-order valence-corrected chi connectivity index (χ0v) is 17.3. The third-order valence-electron chi connectivity index (χ3n) is 4.37. The Morgan fingerprint density at radius 2 is 2.00 bits per heavy atom. The molecule has 1 rings (SSSR count). The number of imide groups is 1. The topological polar surface area (TPSA) is 139 Å². The van der Waals surface area contributed by atoms with Gasteiger partial charge in [0.2, 0.25) is 23.6 Å². The molecule has 1 fully saturated rings. The van der Waals surface area contributed by atoms with Gasteiger partial charge in [-0.2, -0.15) is 0 Å². The van der Waals surface area contributed by atoms with E-state index in [-0.39, 0.29) is 67.0 Å². The Labute approximate surface area is 169 Å². The third-order valence-corrected chi connectivity index (χ3v) is 5.68. The Bertz CT molecular complexity index is 599. The van der Waals surface area contributed by atoms with Gasteiger partial charge in [0, 0.05) is 39.4 Å². The molecule has 0 spiro atoms. The highest BCUT2D eigenvalue weighted by molar-refractivity contribution is 8.00. The van der Waals surface area contributed by atoms with Crippen molar-refractivity contribution in [3.8, 4) is 0 Å². The molecule has 0 aromatic heterocycles. The summed E-state index contributed by atoms with van der Waals surface area (Å²) >= 11 is 1.46. The Balaban J connectivity index is 2.32. The van der Waals surface area contributed by atoms with E-state index >= 15 is 0 Å². The highest BCUT2D eigenvalue weighted by atomic mass is 32.2. The number of nitrogens with two attached hydrogens (primary N) is 1. The van der Waals surface area contributed by atoms with E-state index in [4.69, 9.17) is 5.73 Å². The molecular formula is C18H30N4O5S. The lowest BCUT2D eigenvalue weighted by atomic mass is 10.1. The number of carbonyl (C=O) groups excluding carboxylic acids is 5. The molecule has 0 bridgehead atoms. The Morgan fingerprint density at radius 1 is 1.29 bits per heavy atom. The zero-order valence-electron chi connectivity index (χ0n) is 16.5. The lowest BCUT2D eigenvalue weighted by Crippen LogP contribution is -2.49. The van der Waals surface area contributed by atoms with E-state index in [1.54, 1.807) is 0 Å². The number of nitrogens with one attached hydrogen (secondary N) is 2. The number of amides is 4. The molecular weight excluding hydrogens is 384 g/mol. The van der Waals surface area contributed by atoms with Crippen LogP contribution in [0.3, 0.4) is 0 Å². The lowest BCUT2D eigenvalue weighted by Gasteiger charge is -2.26. The van der Waals surface area contributed by atoms with Crippen LogP contribution in [0.15, 0.2) is 0 Å². The number of carbonyl (C=O) groups is 5. The van der Waals surface area contributed by atoms with Crippen LogP contribution in [0.4, 0.5) is 0 Å². The van der Waals surface area contributed by atoms with Gasteiger partial charge in [-0.3, -0.25) is 29.3 Å². The van der Waals surface area contributed by atoms with Gasteiger partial charge in [-0.1, -0.05) is 6.42 Å². The predicted octanol–water partition coefficient (Wildman–Crippen LogP) is -0.424. The summed E-state index contributed by atoms with van der Waals surface area (Å²) in [6.45, 7) is 1.96. The maximum absolute atomic E-state index is 12.4. The van der Waals surface area contributed by atoms with E-state index in [0.717, 1.165) is 18.6 Å². The number of nitrogens with zero attached hydrogens (tertiary/aromatic N) is 1. The van der Waals surface area contributed by atoms with Crippen LogP contribution in [0.2, 0.25) is 0 Å². The molecule has 1 unspecified atom stereocenters. The van der Waals surface area contributed by atoms with Crippen LogP contribution in [0, 0.1) is 0 Å². The van der Waals surface area contributed by atoms with Crippen LogP contribution in [-0.4, -0.2) is 71.5 Å². The van der Waals surface area contributed by atoms with Crippen molar-refractivity contribution in [2.45, 2.75) is 56.7 Å². The van der Waals surface area contributed by atoms with Gasteiger partial charge >= 0.3 is 0 Å². The van der Waals surface area contributed by atoms with E-state index < -0.39 is 6.04 Å². The first-order chi connectivity index (χ1) is 13.3. The summed E-state index contributed by atoms with van der Waals surface area (Å²) in [7, 11) is 1.53. The Hall–Kier alpha value is -1.94. The quantitative estimate of drug-likeness (QED) is 0.275. The number of rotatable bonds is 13. The third kappa shape index (κ3) is 8.39. The molecule has 4 amide bonds. The number of hydrogen-bond donors (Lipinski definition) is 3. The normalized spacial score (nSPS) is 17.2. The van der Waals surface area contributed by atoms with Crippen LogP contribution < -0.4 is 16.4 Å². The number of unbranched alkanes of at least 4 members (excludes halogenated alkanes) is 2. The predicted molar refractivity (Wildman–Crippen MR) is 106 cm³/mol. The van der Waals surface area contributed by atoms with Crippen LogP contribution >= 0.6 is 11.8 Å². The summed E-state index contributed by atoms with van der Waals surface area (Å²) < 4.78 is 0. The van der Waals surface area contributed by atoms with Gasteiger partial charge in [0.05, 0.1) is 5.25 Å². The maximum Gasteiger partial charge on any atom is 0.243 e. The molecule has 28 heavy (non-hydrogen) atoms. The standard InChI is InChI=1S/C18H30N4O5S/c1-12(23)10-13(17(26)20-8-7-19)22(2)16(25)6-4-3-5-9-28-14-11-15(24)21-18(14)27/h13-14H,3-11,19H2,1-2H3,(H,20,26)(H,21,24,27)/t13-,14?/m0/s1. The molecule has 0 aliphatic carbocycles. The van der Waals surface area contributed by atoms with Crippen molar-refractivity contribution >= 4 is 41.2 Å². The van der Waals surface area contributed by atoms with Crippen molar-refractivity contribution in [3.05, 3.63) is 0 Å². The second-order valence-electron chi connectivity index (χ2n) is 6.79. The molecule has 0 aromatic rings. The van der Waals surface area contributed by atoms with Crippen LogP contribution in [0.5, 0.6) is 0 Å². The molecule has 1 heterocycles. The second kappa shape index (κ2) is 12.5. The average Bonchev–Trinajstić information content (AvgIpc) is 2.96. The molecule has 1 aliphatic heterocycles. The SMILES string of the molecule is CC(=O)C[C@@H](C(=O)NCCN)N(C)C(=O)CCCCCSC1CC(=O)NC1=O. The van der Waals surface area contributed by atoms with Crippen LogP contribution in [0.25, 0.3) is 0 Å².